The van der Waals surface area contributed by atoms with Crippen LogP contribution in [0, 0.1) is 5.92 Å². The van der Waals surface area contributed by atoms with E-state index in [9.17, 15) is 23.9 Å². The molecule has 34 heavy (non-hydrogen) atoms. The second-order valence-electron chi connectivity index (χ2n) is 7.82. The second kappa shape index (κ2) is 12.3. The first-order chi connectivity index (χ1) is 16.3. The molecule has 0 spiro atoms. The molecule has 1 atom stereocenters. The molecule has 0 bridgehead atoms. The smallest absolute Gasteiger partial charge is 0.326 e. The van der Waals surface area contributed by atoms with Crippen molar-refractivity contribution in [2.75, 3.05) is 25.9 Å². The highest BCUT2D eigenvalue weighted by Crippen LogP contribution is 2.37. The van der Waals surface area contributed by atoms with Gasteiger partial charge in [-0.1, -0.05) is 66.7 Å². The van der Waals surface area contributed by atoms with Gasteiger partial charge in [0.15, 0.2) is 0 Å². The van der Waals surface area contributed by atoms with Crippen LogP contribution in [-0.2, 0) is 25.3 Å². The summed E-state index contributed by atoms with van der Waals surface area (Å²) in [5.41, 5.74) is 0.793. The van der Waals surface area contributed by atoms with E-state index in [1.165, 1.54) is 0 Å². The number of fused-ring (bicyclic) bond motifs is 1. The summed E-state index contributed by atoms with van der Waals surface area (Å²) in [6.45, 7) is 0.257. The summed E-state index contributed by atoms with van der Waals surface area (Å²) in [5.74, 6) is -1.22. The summed E-state index contributed by atoms with van der Waals surface area (Å²) in [6.07, 6.45) is -0.439. The van der Waals surface area contributed by atoms with Crippen molar-refractivity contribution >= 4 is 30.2 Å². The molecular formula is C25H28NO7P. The number of amides is 1. The van der Waals surface area contributed by atoms with E-state index in [-0.39, 0.29) is 32.6 Å². The fraction of sp³-hybridized carbons (Fsp3) is 0.280. The van der Waals surface area contributed by atoms with Crippen LogP contribution in [0.5, 0.6) is 5.75 Å². The average molecular weight is 485 g/mol. The van der Waals surface area contributed by atoms with Crippen LogP contribution in [0.4, 0.5) is 0 Å². The van der Waals surface area contributed by atoms with Crippen molar-refractivity contribution in [2.45, 2.75) is 12.8 Å². The number of benzene rings is 3. The lowest BCUT2D eigenvalue weighted by atomic mass is 10.0. The van der Waals surface area contributed by atoms with E-state index in [0.29, 0.717) is 5.75 Å². The Labute approximate surface area is 198 Å². The van der Waals surface area contributed by atoms with E-state index in [4.69, 9.17) is 9.47 Å². The highest BCUT2D eigenvalue weighted by Gasteiger charge is 2.27. The van der Waals surface area contributed by atoms with Crippen LogP contribution >= 0.6 is 7.60 Å². The summed E-state index contributed by atoms with van der Waals surface area (Å²) < 4.78 is 22.3. The molecule has 3 N–H and O–H groups in total. The number of esters is 1. The van der Waals surface area contributed by atoms with Gasteiger partial charge in [-0.2, -0.15) is 0 Å². The summed E-state index contributed by atoms with van der Waals surface area (Å²) >= 11 is 0. The molecule has 0 aliphatic heterocycles. The van der Waals surface area contributed by atoms with Gasteiger partial charge in [0.2, 0.25) is 5.91 Å². The highest BCUT2D eigenvalue weighted by molar-refractivity contribution is 7.51. The van der Waals surface area contributed by atoms with Gasteiger partial charge in [-0.05, 0) is 23.4 Å². The minimum absolute atomic E-state index is 0.00823. The van der Waals surface area contributed by atoms with Crippen molar-refractivity contribution in [1.29, 1.82) is 0 Å². The van der Waals surface area contributed by atoms with E-state index in [0.717, 1.165) is 16.3 Å². The fourth-order valence-electron chi connectivity index (χ4n) is 3.56. The highest BCUT2D eigenvalue weighted by atomic mass is 31.2. The molecule has 0 fully saturated rings. The van der Waals surface area contributed by atoms with Gasteiger partial charge in [0.1, 0.15) is 19.0 Å². The number of carbonyl (C=O) groups is 2. The number of nitrogens with one attached hydrogen (secondary N) is 1. The Morgan fingerprint density at radius 1 is 0.912 bits per heavy atom. The van der Waals surface area contributed by atoms with Gasteiger partial charge in [0.05, 0.1) is 18.5 Å². The van der Waals surface area contributed by atoms with E-state index < -0.39 is 31.6 Å². The molecule has 9 heteroatoms. The number of ether oxygens (including phenoxy) is 2. The Kier molecular flexibility index (Phi) is 9.22. The maximum absolute atomic E-state index is 12.5. The lowest BCUT2D eigenvalue weighted by molar-refractivity contribution is -0.144. The van der Waals surface area contributed by atoms with Gasteiger partial charge in [-0.3, -0.25) is 14.2 Å². The minimum Gasteiger partial charge on any atom is -0.489 e. The number of rotatable bonds is 12. The van der Waals surface area contributed by atoms with Gasteiger partial charge < -0.3 is 24.6 Å². The average Bonchev–Trinajstić information content (AvgIpc) is 2.81. The quantitative estimate of drug-likeness (QED) is 0.204. The first-order valence-electron chi connectivity index (χ1n) is 10.9. The van der Waals surface area contributed by atoms with E-state index in [2.05, 4.69) is 5.32 Å². The summed E-state index contributed by atoms with van der Waals surface area (Å²) in [4.78, 5) is 43.2. The van der Waals surface area contributed by atoms with Gasteiger partial charge in [0.25, 0.3) is 0 Å². The number of hydrogen-bond acceptors (Lipinski definition) is 5. The van der Waals surface area contributed by atoms with E-state index in [1.54, 1.807) is 24.3 Å². The molecule has 1 amide bonds. The molecule has 0 aromatic heterocycles. The zero-order valence-electron chi connectivity index (χ0n) is 18.6. The maximum Gasteiger partial charge on any atom is 0.326 e. The Morgan fingerprint density at radius 3 is 2.38 bits per heavy atom. The minimum atomic E-state index is -4.39. The topological polar surface area (TPSA) is 122 Å². The standard InChI is InChI=1S/C25H28NO7P/c27-24(33-16-15-32-23-12-6-10-20-9-4-5-11-22(20)23)13-14-26-25(28)21(18-34(29,30)31)17-19-7-2-1-3-8-19/h1-12,21H,13-18H2,(H,26,28)(H2,29,30,31). The Balaban J connectivity index is 1.40. The molecule has 180 valence electrons. The molecule has 0 saturated heterocycles. The molecule has 3 rings (SSSR count). The van der Waals surface area contributed by atoms with Crippen LogP contribution in [0.1, 0.15) is 12.0 Å². The second-order valence-corrected chi connectivity index (χ2v) is 9.52. The third-order valence-corrected chi connectivity index (χ3v) is 6.05. The molecule has 1 unspecified atom stereocenters. The van der Waals surface area contributed by atoms with Crippen molar-refractivity contribution < 1.29 is 33.4 Å². The fourth-order valence-corrected chi connectivity index (χ4v) is 4.43. The molecule has 0 aliphatic carbocycles. The zero-order chi connectivity index (χ0) is 24.4. The third kappa shape index (κ3) is 8.30. The normalized spacial score (nSPS) is 12.2. The van der Waals surface area contributed by atoms with Crippen LogP contribution in [0.3, 0.4) is 0 Å². The summed E-state index contributed by atoms with van der Waals surface area (Å²) in [7, 11) is -4.39. The van der Waals surface area contributed by atoms with Crippen LogP contribution < -0.4 is 10.1 Å². The Hall–Kier alpha value is -3.19. The predicted molar refractivity (Wildman–Crippen MR) is 129 cm³/mol. The van der Waals surface area contributed by atoms with Crippen LogP contribution in [-0.4, -0.2) is 47.6 Å². The lowest BCUT2D eigenvalue weighted by Gasteiger charge is -2.17. The largest absolute Gasteiger partial charge is 0.489 e. The van der Waals surface area contributed by atoms with Gasteiger partial charge in [-0.15, -0.1) is 0 Å². The third-order valence-electron chi connectivity index (χ3n) is 5.14. The van der Waals surface area contributed by atoms with Crippen molar-refractivity contribution in [3.05, 3.63) is 78.4 Å². The van der Waals surface area contributed by atoms with Crippen molar-refractivity contribution in [1.82, 2.24) is 5.32 Å². The van der Waals surface area contributed by atoms with Crippen LogP contribution in [0.25, 0.3) is 10.8 Å². The molecule has 8 nitrogen and oxygen atoms in total. The number of carbonyl (C=O) groups excluding carboxylic acids is 2. The first kappa shape index (κ1) is 25.4. The monoisotopic (exact) mass is 485 g/mol. The molecular weight excluding hydrogens is 457 g/mol. The van der Waals surface area contributed by atoms with Crippen molar-refractivity contribution in [2.24, 2.45) is 5.92 Å². The van der Waals surface area contributed by atoms with E-state index >= 15 is 0 Å². The Morgan fingerprint density at radius 2 is 1.62 bits per heavy atom. The molecule has 3 aromatic rings. The first-order valence-corrected chi connectivity index (χ1v) is 12.7. The van der Waals surface area contributed by atoms with Crippen molar-refractivity contribution in [3.63, 3.8) is 0 Å². The molecule has 3 aromatic carbocycles. The van der Waals surface area contributed by atoms with Crippen LogP contribution in [0.2, 0.25) is 0 Å². The maximum atomic E-state index is 12.5. The summed E-state index contributed by atoms with van der Waals surface area (Å²) in [6, 6.07) is 22.5. The molecule has 0 aliphatic rings. The van der Waals surface area contributed by atoms with Crippen molar-refractivity contribution in [3.8, 4) is 5.75 Å². The molecule has 0 heterocycles. The van der Waals surface area contributed by atoms with Gasteiger partial charge in [-0.25, -0.2) is 0 Å². The SMILES string of the molecule is O=C(CCNC(=O)C(Cc1ccccc1)CP(=O)(O)O)OCCOc1cccc2ccccc12. The van der Waals surface area contributed by atoms with Crippen LogP contribution in [0.15, 0.2) is 72.8 Å². The van der Waals surface area contributed by atoms with Gasteiger partial charge in [0, 0.05) is 11.9 Å². The van der Waals surface area contributed by atoms with Gasteiger partial charge >= 0.3 is 13.6 Å². The Bertz CT molecular complexity index is 1140. The summed E-state index contributed by atoms with van der Waals surface area (Å²) in [5, 5.41) is 4.60. The lowest BCUT2D eigenvalue weighted by Crippen LogP contribution is -2.35. The number of hydrogen-bond donors (Lipinski definition) is 3. The predicted octanol–water partition coefficient (Wildman–Crippen LogP) is 3.30. The molecule has 0 saturated carbocycles. The molecule has 0 radical (unpaired) electrons. The zero-order valence-corrected chi connectivity index (χ0v) is 19.5. The van der Waals surface area contributed by atoms with E-state index in [1.807, 2.05) is 48.5 Å².